The highest BCUT2D eigenvalue weighted by Gasteiger charge is 2.21. The van der Waals surface area contributed by atoms with Crippen LogP contribution in [0.3, 0.4) is 0 Å². The number of nitrogens with zero attached hydrogens (tertiary/aromatic N) is 1. The molecule has 0 atom stereocenters. The van der Waals surface area contributed by atoms with Gasteiger partial charge in [-0.25, -0.2) is 9.59 Å². The third kappa shape index (κ3) is 6.23. The van der Waals surface area contributed by atoms with Crippen LogP contribution >= 0.6 is 11.6 Å². The van der Waals surface area contributed by atoms with Crippen molar-refractivity contribution >= 4 is 58.0 Å². The van der Waals surface area contributed by atoms with E-state index in [9.17, 15) is 19.5 Å². The first kappa shape index (κ1) is 24.8. The Balaban J connectivity index is 1.42. The number of phenols is 1. The Kier molecular flexibility index (Phi) is 7.57. The zero-order chi connectivity index (χ0) is 25.7. The molecule has 36 heavy (non-hydrogen) atoms. The first-order chi connectivity index (χ1) is 17.3. The summed E-state index contributed by atoms with van der Waals surface area (Å²) in [7, 11) is 0. The average Bonchev–Trinajstić information content (AvgIpc) is 2.84. The molecule has 4 rings (SSSR count). The van der Waals surface area contributed by atoms with Crippen molar-refractivity contribution in [2.45, 2.75) is 6.92 Å². The quantitative estimate of drug-likeness (QED) is 0.309. The first-order valence-corrected chi connectivity index (χ1v) is 11.4. The van der Waals surface area contributed by atoms with Crippen LogP contribution in [0, 0.1) is 6.92 Å². The summed E-state index contributed by atoms with van der Waals surface area (Å²) < 4.78 is 5.16. The second kappa shape index (κ2) is 11.0. The lowest BCUT2D eigenvalue weighted by Crippen LogP contribution is -2.41. The van der Waals surface area contributed by atoms with Crippen molar-refractivity contribution in [3.8, 4) is 5.75 Å². The molecule has 3 aromatic rings. The van der Waals surface area contributed by atoms with E-state index in [2.05, 4.69) is 21.3 Å². The topological polar surface area (TPSA) is 132 Å². The third-order valence-electron chi connectivity index (χ3n) is 5.36. The number of carbonyl (C=O) groups excluding carboxylic acids is 3. The van der Waals surface area contributed by atoms with Gasteiger partial charge in [0.2, 0.25) is 0 Å². The van der Waals surface area contributed by atoms with Crippen LogP contribution in [0.15, 0.2) is 60.7 Å². The van der Waals surface area contributed by atoms with Gasteiger partial charge in [0, 0.05) is 34.7 Å². The van der Waals surface area contributed by atoms with Crippen LogP contribution in [0.5, 0.6) is 5.75 Å². The zero-order valence-corrected chi connectivity index (χ0v) is 20.1. The van der Waals surface area contributed by atoms with E-state index in [1.54, 1.807) is 47.4 Å². The summed E-state index contributed by atoms with van der Waals surface area (Å²) in [6, 6.07) is 14.9. The number of aromatic hydroxyl groups is 1. The largest absolute Gasteiger partial charge is 0.508 e. The van der Waals surface area contributed by atoms with Crippen LogP contribution in [0.2, 0.25) is 5.02 Å². The predicted octanol–water partition coefficient (Wildman–Crippen LogP) is 5.01. The van der Waals surface area contributed by atoms with E-state index in [1.165, 1.54) is 18.2 Å². The number of hydrogen-bond donors (Lipinski definition) is 5. The minimum absolute atomic E-state index is 0.0411. The number of benzene rings is 3. The summed E-state index contributed by atoms with van der Waals surface area (Å²) in [6.07, 6.45) is 0. The molecule has 1 aliphatic heterocycles. The van der Waals surface area contributed by atoms with E-state index in [-0.39, 0.29) is 29.6 Å². The lowest BCUT2D eigenvalue weighted by Gasteiger charge is -2.27. The van der Waals surface area contributed by atoms with Crippen molar-refractivity contribution in [2.24, 2.45) is 0 Å². The zero-order valence-electron chi connectivity index (χ0n) is 19.3. The Morgan fingerprint density at radius 3 is 2.28 bits per heavy atom. The van der Waals surface area contributed by atoms with Crippen LogP contribution in [0.25, 0.3) is 0 Å². The minimum atomic E-state index is -0.583. The number of carbonyl (C=O) groups is 3. The Hall–Kier alpha value is -4.28. The lowest BCUT2D eigenvalue weighted by atomic mass is 10.1. The van der Waals surface area contributed by atoms with Gasteiger partial charge < -0.3 is 36.0 Å². The molecule has 0 spiro atoms. The summed E-state index contributed by atoms with van der Waals surface area (Å²) in [6.45, 7) is 2.78. The number of urea groups is 2. The molecule has 0 aromatic heterocycles. The fraction of sp³-hybridized carbons (Fsp3) is 0.160. The molecule has 11 heteroatoms. The molecule has 0 saturated carbocycles. The van der Waals surface area contributed by atoms with E-state index in [4.69, 9.17) is 16.3 Å². The van der Waals surface area contributed by atoms with E-state index >= 15 is 0 Å². The smallest absolute Gasteiger partial charge is 0.323 e. The molecule has 3 aromatic carbocycles. The maximum absolute atomic E-state index is 12.7. The number of morpholine rings is 1. The molecular weight excluding hydrogens is 486 g/mol. The molecule has 5 N–H and O–H groups in total. The van der Waals surface area contributed by atoms with Gasteiger partial charge in [0.1, 0.15) is 12.4 Å². The molecule has 0 bridgehead atoms. The molecule has 10 nitrogen and oxygen atoms in total. The fourth-order valence-electron chi connectivity index (χ4n) is 3.59. The number of nitrogens with one attached hydrogen (secondary N) is 4. The molecule has 5 amide bonds. The number of halogens is 1. The van der Waals surface area contributed by atoms with E-state index in [0.717, 1.165) is 11.3 Å². The lowest BCUT2D eigenvalue weighted by molar-refractivity contribution is -0.125. The molecule has 0 unspecified atom stereocenters. The summed E-state index contributed by atoms with van der Waals surface area (Å²) in [5, 5.41) is 21.1. The fourth-order valence-corrected chi connectivity index (χ4v) is 3.71. The predicted molar refractivity (Wildman–Crippen MR) is 139 cm³/mol. The van der Waals surface area contributed by atoms with Crippen LogP contribution < -0.4 is 26.2 Å². The third-order valence-corrected chi connectivity index (χ3v) is 5.61. The van der Waals surface area contributed by atoms with E-state index in [1.807, 2.05) is 6.92 Å². The number of amides is 5. The van der Waals surface area contributed by atoms with Crippen LogP contribution in [0.1, 0.15) is 5.56 Å². The van der Waals surface area contributed by atoms with Gasteiger partial charge in [0.15, 0.2) is 0 Å². The normalized spacial score (nSPS) is 13.2. The van der Waals surface area contributed by atoms with Crippen molar-refractivity contribution < 1.29 is 24.2 Å². The summed E-state index contributed by atoms with van der Waals surface area (Å²) in [5.41, 5.74) is 2.99. The molecule has 0 radical (unpaired) electrons. The van der Waals surface area contributed by atoms with Gasteiger partial charge in [-0.15, -0.1) is 0 Å². The Bertz CT molecular complexity index is 1300. The molecular formula is C25H24ClN5O5. The van der Waals surface area contributed by atoms with Gasteiger partial charge in [0.05, 0.1) is 18.0 Å². The van der Waals surface area contributed by atoms with Gasteiger partial charge in [-0.1, -0.05) is 11.6 Å². The van der Waals surface area contributed by atoms with Gasteiger partial charge in [0.25, 0.3) is 5.91 Å². The Morgan fingerprint density at radius 2 is 1.56 bits per heavy atom. The van der Waals surface area contributed by atoms with Crippen LogP contribution in [-0.2, 0) is 9.53 Å². The van der Waals surface area contributed by atoms with Gasteiger partial charge in [-0.05, 0) is 67.1 Å². The maximum atomic E-state index is 12.7. The highest BCUT2D eigenvalue weighted by Crippen LogP contribution is 2.28. The minimum Gasteiger partial charge on any atom is -0.508 e. The maximum Gasteiger partial charge on any atom is 0.323 e. The number of hydrogen-bond acceptors (Lipinski definition) is 5. The molecule has 186 valence electrons. The van der Waals surface area contributed by atoms with Crippen LogP contribution in [-0.4, -0.2) is 42.8 Å². The number of phenolic OH excluding ortho intramolecular Hbond substituents is 1. The summed E-state index contributed by atoms with van der Waals surface area (Å²) in [5.74, 6) is -0.215. The number of anilines is 5. The second-order valence-corrected chi connectivity index (χ2v) is 8.43. The number of rotatable bonds is 5. The van der Waals surface area contributed by atoms with Crippen molar-refractivity contribution in [1.29, 1.82) is 0 Å². The van der Waals surface area contributed by atoms with Gasteiger partial charge in [-0.3, -0.25) is 4.79 Å². The standard InChI is InChI=1S/C25H24ClN5O5/c1-15-12-18(31-10-11-36-14-23(31)33)6-8-20(15)28-25(35)30-22-13-19(32)7-9-21(22)29-24(34)27-17-4-2-16(26)3-5-17/h2-9,12-13,32H,10-11,14H2,1H3,(H2,27,29,34)(H2,28,30,35). The molecule has 1 saturated heterocycles. The number of aryl methyl sites for hydroxylation is 1. The van der Waals surface area contributed by atoms with Gasteiger partial charge in [-0.2, -0.15) is 0 Å². The first-order valence-electron chi connectivity index (χ1n) is 11.0. The highest BCUT2D eigenvalue weighted by molar-refractivity contribution is 6.30. The van der Waals surface area contributed by atoms with Crippen molar-refractivity contribution in [2.75, 3.05) is 45.9 Å². The van der Waals surface area contributed by atoms with E-state index in [0.29, 0.717) is 29.5 Å². The molecule has 0 aliphatic carbocycles. The highest BCUT2D eigenvalue weighted by atomic mass is 35.5. The second-order valence-electron chi connectivity index (χ2n) is 7.99. The van der Waals surface area contributed by atoms with E-state index < -0.39 is 12.1 Å². The van der Waals surface area contributed by atoms with Crippen molar-refractivity contribution in [3.05, 3.63) is 71.2 Å². The van der Waals surface area contributed by atoms with Crippen molar-refractivity contribution in [3.63, 3.8) is 0 Å². The molecule has 1 heterocycles. The summed E-state index contributed by atoms with van der Waals surface area (Å²) in [4.78, 5) is 38.9. The summed E-state index contributed by atoms with van der Waals surface area (Å²) >= 11 is 5.86. The number of ether oxygens (including phenoxy) is 1. The monoisotopic (exact) mass is 509 g/mol. The van der Waals surface area contributed by atoms with Gasteiger partial charge >= 0.3 is 12.1 Å². The van der Waals surface area contributed by atoms with Crippen LogP contribution in [0.4, 0.5) is 38.0 Å². The SMILES string of the molecule is Cc1cc(N2CCOCC2=O)ccc1NC(=O)Nc1cc(O)ccc1NC(=O)Nc1ccc(Cl)cc1. The Labute approximate surface area is 212 Å². The molecule has 1 fully saturated rings. The van der Waals surface area contributed by atoms with Crippen molar-refractivity contribution in [1.82, 2.24) is 0 Å². The molecule has 1 aliphatic rings. The Morgan fingerprint density at radius 1 is 0.889 bits per heavy atom. The average molecular weight is 510 g/mol.